The smallest absolute Gasteiger partial charge is 0.237 e. The molecule has 6 nitrogen and oxygen atoms in total. The first-order valence-corrected chi connectivity index (χ1v) is 10.3. The lowest BCUT2D eigenvalue weighted by atomic mass is 9.78. The van der Waals surface area contributed by atoms with Gasteiger partial charge in [0, 0.05) is 38.3 Å². The standard InChI is InChI=1S/C20H38N4O2/c1-14(2)21-19(25)13-23-9-11-24(12-10-23)17(5)20(26)22-18-8-6-7-15(3)16(18)4/h14-18H,6-13H2,1-5H3,(H,21,25)(H,22,26). The van der Waals surface area contributed by atoms with Crippen LogP contribution in [0.4, 0.5) is 0 Å². The lowest BCUT2D eigenvalue weighted by Gasteiger charge is -2.39. The lowest BCUT2D eigenvalue weighted by Crippen LogP contribution is -2.57. The Morgan fingerprint density at radius 3 is 2.31 bits per heavy atom. The van der Waals surface area contributed by atoms with Gasteiger partial charge < -0.3 is 10.6 Å². The van der Waals surface area contributed by atoms with Crippen molar-refractivity contribution in [2.24, 2.45) is 11.8 Å². The van der Waals surface area contributed by atoms with E-state index < -0.39 is 0 Å². The summed E-state index contributed by atoms with van der Waals surface area (Å²) in [7, 11) is 0. The third kappa shape index (κ3) is 5.95. The Hall–Kier alpha value is -1.14. The van der Waals surface area contributed by atoms with E-state index in [0.717, 1.165) is 32.6 Å². The average Bonchev–Trinajstić information content (AvgIpc) is 2.58. The normalized spacial score (nSPS) is 29.4. The molecule has 2 N–H and O–H groups in total. The van der Waals surface area contributed by atoms with E-state index >= 15 is 0 Å². The summed E-state index contributed by atoms with van der Waals surface area (Å²) in [6.07, 6.45) is 3.58. The van der Waals surface area contributed by atoms with Crippen LogP contribution in [-0.4, -0.2) is 72.5 Å². The van der Waals surface area contributed by atoms with Crippen LogP contribution in [0, 0.1) is 11.8 Å². The molecule has 0 spiro atoms. The number of piperazine rings is 1. The number of nitrogens with one attached hydrogen (secondary N) is 2. The molecule has 1 heterocycles. The van der Waals surface area contributed by atoms with Gasteiger partial charge >= 0.3 is 0 Å². The Balaban J connectivity index is 1.75. The van der Waals surface area contributed by atoms with Gasteiger partial charge in [-0.05, 0) is 39.0 Å². The summed E-state index contributed by atoms with van der Waals surface area (Å²) >= 11 is 0. The quantitative estimate of drug-likeness (QED) is 0.747. The fourth-order valence-electron chi connectivity index (χ4n) is 4.13. The van der Waals surface area contributed by atoms with Crippen LogP contribution in [0.1, 0.15) is 53.9 Å². The Bertz CT molecular complexity index is 474. The van der Waals surface area contributed by atoms with E-state index in [1.807, 2.05) is 20.8 Å². The van der Waals surface area contributed by atoms with E-state index in [9.17, 15) is 9.59 Å². The zero-order valence-corrected chi connectivity index (χ0v) is 17.3. The molecule has 0 aromatic heterocycles. The molecule has 6 heteroatoms. The second-order valence-electron chi connectivity index (χ2n) is 8.59. The number of carbonyl (C=O) groups is 2. The molecule has 1 aliphatic carbocycles. The molecule has 2 aliphatic rings. The highest BCUT2D eigenvalue weighted by atomic mass is 16.2. The van der Waals surface area contributed by atoms with Gasteiger partial charge in [-0.25, -0.2) is 0 Å². The molecular formula is C20H38N4O2. The predicted molar refractivity (Wildman–Crippen MR) is 105 cm³/mol. The first-order chi connectivity index (χ1) is 12.3. The molecular weight excluding hydrogens is 328 g/mol. The van der Waals surface area contributed by atoms with E-state index in [2.05, 4.69) is 34.3 Å². The van der Waals surface area contributed by atoms with Gasteiger partial charge in [-0.1, -0.05) is 26.7 Å². The highest BCUT2D eigenvalue weighted by Gasteiger charge is 2.31. The van der Waals surface area contributed by atoms with Crippen molar-refractivity contribution in [3.8, 4) is 0 Å². The van der Waals surface area contributed by atoms with Crippen LogP contribution in [0.2, 0.25) is 0 Å². The molecule has 0 bridgehead atoms. The summed E-state index contributed by atoms with van der Waals surface area (Å²) in [4.78, 5) is 29.0. The molecule has 4 unspecified atom stereocenters. The van der Waals surface area contributed by atoms with Crippen molar-refractivity contribution in [3.63, 3.8) is 0 Å². The monoisotopic (exact) mass is 366 g/mol. The van der Waals surface area contributed by atoms with Crippen LogP contribution < -0.4 is 10.6 Å². The maximum Gasteiger partial charge on any atom is 0.237 e. The molecule has 0 aromatic carbocycles. The molecule has 1 saturated carbocycles. The van der Waals surface area contributed by atoms with Crippen molar-refractivity contribution in [3.05, 3.63) is 0 Å². The number of hydrogen-bond acceptors (Lipinski definition) is 4. The van der Waals surface area contributed by atoms with Crippen molar-refractivity contribution < 1.29 is 9.59 Å². The maximum atomic E-state index is 12.7. The fraction of sp³-hybridized carbons (Fsp3) is 0.900. The number of hydrogen-bond donors (Lipinski definition) is 2. The highest BCUT2D eigenvalue weighted by Crippen LogP contribution is 2.29. The van der Waals surface area contributed by atoms with Crippen molar-refractivity contribution in [2.75, 3.05) is 32.7 Å². The van der Waals surface area contributed by atoms with Gasteiger partial charge in [0.25, 0.3) is 0 Å². The number of carbonyl (C=O) groups excluding carboxylic acids is 2. The molecule has 26 heavy (non-hydrogen) atoms. The van der Waals surface area contributed by atoms with Crippen LogP contribution in [0.5, 0.6) is 0 Å². The second kappa shape index (κ2) is 9.70. The molecule has 1 saturated heterocycles. The van der Waals surface area contributed by atoms with Crippen LogP contribution >= 0.6 is 0 Å². The van der Waals surface area contributed by atoms with Crippen LogP contribution in [0.25, 0.3) is 0 Å². The third-order valence-corrected chi connectivity index (χ3v) is 6.19. The zero-order chi connectivity index (χ0) is 19.3. The Kier molecular flexibility index (Phi) is 7.89. The van der Waals surface area contributed by atoms with Gasteiger partial charge in [-0.3, -0.25) is 19.4 Å². The summed E-state index contributed by atoms with van der Waals surface area (Å²) in [5.74, 6) is 1.47. The van der Waals surface area contributed by atoms with Crippen molar-refractivity contribution in [1.29, 1.82) is 0 Å². The first-order valence-electron chi connectivity index (χ1n) is 10.3. The average molecular weight is 367 g/mol. The Labute approximate surface area is 159 Å². The summed E-state index contributed by atoms with van der Waals surface area (Å²) in [6, 6.07) is 0.387. The van der Waals surface area contributed by atoms with Gasteiger partial charge in [0.15, 0.2) is 0 Å². The SMILES string of the molecule is CC(C)NC(=O)CN1CCN(C(C)C(=O)NC2CCCC(C)C2C)CC1. The molecule has 150 valence electrons. The van der Waals surface area contributed by atoms with Crippen LogP contribution in [-0.2, 0) is 9.59 Å². The second-order valence-corrected chi connectivity index (χ2v) is 8.59. The number of amides is 2. The highest BCUT2D eigenvalue weighted by molar-refractivity contribution is 5.81. The minimum Gasteiger partial charge on any atom is -0.353 e. The first kappa shape index (κ1) is 21.2. The van der Waals surface area contributed by atoms with Crippen LogP contribution in [0.3, 0.4) is 0 Å². The van der Waals surface area contributed by atoms with Gasteiger partial charge in [0.1, 0.15) is 0 Å². The number of rotatable bonds is 6. The van der Waals surface area contributed by atoms with Crippen molar-refractivity contribution >= 4 is 11.8 Å². The van der Waals surface area contributed by atoms with E-state index in [4.69, 9.17) is 0 Å². The van der Waals surface area contributed by atoms with Gasteiger partial charge in [-0.2, -0.15) is 0 Å². The molecule has 2 amide bonds. The lowest BCUT2D eigenvalue weighted by molar-refractivity contribution is -0.129. The topological polar surface area (TPSA) is 64.7 Å². The third-order valence-electron chi connectivity index (χ3n) is 6.19. The van der Waals surface area contributed by atoms with E-state index in [-0.39, 0.29) is 23.9 Å². The van der Waals surface area contributed by atoms with Crippen molar-refractivity contribution in [1.82, 2.24) is 20.4 Å². The molecule has 2 rings (SSSR count). The molecule has 0 radical (unpaired) electrons. The predicted octanol–water partition coefficient (Wildman–Crippen LogP) is 1.46. The Morgan fingerprint density at radius 2 is 1.69 bits per heavy atom. The fourth-order valence-corrected chi connectivity index (χ4v) is 4.13. The van der Waals surface area contributed by atoms with E-state index in [1.54, 1.807) is 0 Å². The maximum absolute atomic E-state index is 12.7. The van der Waals surface area contributed by atoms with Gasteiger partial charge in [0.05, 0.1) is 12.6 Å². The number of nitrogens with zero attached hydrogens (tertiary/aromatic N) is 2. The van der Waals surface area contributed by atoms with Gasteiger partial charge in [0.2, 0.25) is 11.8 Å². The summed E-state index contributed by atoms with van der Waals surface area (Å²) in [5, 5.41) is 6.24. The largest absolute Gasteiger partial charge is 0.353 e. The summed E-state index contributed by atoms with van der Waals surface area (Å²) < 4.78 is 0. The van der Waals surface area contributed by atoms with Crippen LogP contribution in [0.15, 0.2) is 0 Å². The molecule has 0 aromatic rings. The van der Waals surface area contributed by atoms with Crippen molar-refractivity contribution in [2.45, 2.75) is 72.0 Å². The summed E-state index contributed by atoms with van der Waals surface area (Å²) in [5.41, 5.74) is 0. The van der Waals surface area contributed by atoms with Gasteiger partial charge in [-0.15, -0.1) is 0 Å². The zero-order valence-electron chi connectivity index (χ0n) is 17.3. The molecule has 1 aliphatic heterocycles. The minimum atomic E-state index is -0.105. The Morgan fingerprint density at radius 1 is 1.04 bits per heavy atom. The van der Waals surface area contributed by atoms with E-state index in [0.29, 0.717) is 24.4 Å². The molecule has 4 atom stereocenters. The molecule has 2 fully saturated rings. The summed E-state index contributed by atoms with van der Waals surface area (Å²) in [6.45, 7) is 14.3. The minimum absolute atomic E-state index is 0.0830. The van der Waals surface area contributed by atoms with E-state index in [1.165, 1.54) is 12.8 Å².